The standard InChI is InChI=1S/C21H19N6/c22-18(15-4-2-1-3-5-15)9-13-25-21-17-8-12-24-14-19(17)26-20(27-21)16-6-10-23-11-7-16/h1-12,14,18H,13,22H2,(H,25,26,27). The second-order valence-corrected chi connectivity index (χ2v) is 6.08. The minimum absolute atomic E-state index is 0.145. The minimum atomic E-state index is -0.145. The van der Waals surface area contributed by atoms with Crippen LogP contribution in [0.5, 0.6) is 0 Å². The summed E-state index contributed by atoms with van der Waals surface area (Å²) in [6, 6.07) is 15.5. The first kappa shape index (κ1) is 17.1. The second kappa shape index (κ2) is 7.88. The van der Waals surface area contributed by atoms with Crippen LogP contribution in [0.3, 0.4) is 0 Å². The Labute approximate surface area is 157 Å². The number of nitrogens with two attached hydrogens (primary N) is 1. The van der Waals surface area contributed by atoms with Crippen molar-refractivity contribution < 1.29 is 0 Å². The third-order valence-electron chi connectivity index (χ3n) is 4.26. The van der Waals surface area contributed by atoms with E-state index in [2.05, 4.69) is 20.3 Å². The predicted molar refractivity (Wildman–Crippen MR) is 107 cm³/mol. The molecule has 0 amide bonds. The molecule has 3 heterocycles. The maximum Gasteiger partial charge on any atom is 0.162 e. The highest BCUT2D eigenvalue weighted by Crippen LogP contribution is 2.24. The highest BCUT2D eigenvalue weighted by atomic mass is 15.0. The van der Waals surface area contributed by atoms with Crippen LogP contribution in [0.2, 0.25) is 0 Å². The molecular formula is C21H19N6. The molecule has 1 aromatic carbocycles. The first-order chi connectivity index (χ1) is 13.3. The number of hydrogen-bond acceptors (Lipinski definition) is 6. The highest BCUT2D eigenvalue weighted by molar-refractivity contribution is 5.89. The van der Waals surface area contributed by atoms with Gasteiger partial charge in [0.25, 0.3) is 0 Å². The SMILES string of the molecule is NC([CH]CNc1nc(-c2ccncc2)nc2cnccc12)c1ccccc1. The van der Waals surface area contributed by atoms with Gasteiger partial charge in [0.2, 0.25) is 0 Å². The Kier molecular flexibility index (Phi) is 4.98. The Hall–Kier alpha value is -3.38. The normalized spacial score (nSPS) is 12.0. The average Bonchev–Trinajstić information content (AvgIpc) is 2.74. The lowest BCUT2D eigenvalue weighted by atomic mass is 10.1. The molecule has 6 heteroatoms. The maximum atomic E-state index is 6.25. The number of pyridine rings is 2. The van der Waals surface area contributed by atoms with Gasteiger partial charge in [0.05, 0.1) is 11.7 Å². The van der Waals surface area contributed by atoms with E-state index >= 15 is 0 Å². The van der Waals surface area contributed by atoms with E-state index < -0.39 is 0 Å². The lowest BCUT2D eigenvalue weighted by molar-refractivity contribution is 0.820. The fourth-order valence-corrected chi connectivity index (χ4v) is 2.84. The molecule has 0 saturated carbocycles. The van der Waals surface area contributed by atoms with E-state index in [1.807, 2.05) is 55.0 Å². The van der Waals surface area contributed by atoms with Crippen molar-refractivity contribution in [1.82, 2.24) is 19.9 Å². The Morgan fingerprint density at radius 1 is 0.926 bits per heavy atom. The minimum Gasteiger partial charge on any atom is -0.369 e. The van der Waals surface area contributed by atoms with E-state index in [4.69, 9.17) is 10.7 Å². The summed E-state index contributed by atoms with van der Waals surface area (Å²) in [4.78, 5) is 17.6. The molecule has 0 bridgehead atoms. The van der Waals surface area contributed by atoms with Gasteiger partial charge in [-0.25, -0.2) is 9.97 Å². The van der Waals surface area contributed by atoms with Crippen LogP contribution in [-0.4, -0.2) is 26.5 Å². The van der Waals surface area contributed by atoms with Crippen LogP contribution in [0.15, 0.2) is 73.3 Å². The highest BCUT2D eigenvalue weighted by Gasteiger charge is 2.11. The van der Waals surface area contributed by atoms with Crippen LogP contribution in [-0.2, 0) is 0 Å². The van der Waals surface area contributed by atoms with Gasteiger partial charge in [-0.1, -0.05) is 30.3 Å². The van der Waals surface area contributed by atoms with Crippen molar-refractivity contribution in [2.24, 2.45) is 5.73 Å². The summed E-state index contributed by atoms with van der Waals surface area (Å²) in [6.45, 7) is 0.584. The van der Waals surface area contributed by atoms with E-state index in [1.165, 1.54) is 0 Å². The molecule has 1 atom stereocenters. The Bertz CT molecular complexity index is 1020. The first-order valence-corrected chi connectivity index (χ1v) is 8.71. The van der Waals surface area contributed by atoms with Gasteiger partial charge in [-0.3, -0.25) is 9.97 Å². The number of aromatic nitrogens is 4. The summed E-state index contributed by atoms with van der Waals surface area (Å²) in [5.74, 6) is 1.39. The Morgan fingerprint density at radius 2 is 1.70 bits per heavy atom. The molecule has 4 rings (SSSR count). The molecule has 0 aliphatic heterocycles. The number of fused-ring (bicyclic) bond motifs is 1. The number of hydrogen-bond donors (Lipinski definition) is 2. The van der Waals surface area contributed by atoms with E-state index in [9.17, 15) is 0 Å². The van der Waals surface area contributed by atoms with E-state index in [-0.39, 0.29) is 6.04 Å². The summed E-state index contributed by atoms with van der Waals surface area (Å²) in [7, 11) is 0. The topological polar surface area (TPSA) is 89.6 Å². The predicted octanol–water partition coefficient (Wildman–Crippen LogP) is 3.40. The van der Waals surface area contributed by atoms with Crippen molar-refractivity contribution in [3.8, 4) is 11.4 Å². The summed E-state index contributed by atoms with van der Waals surface area (Å²) in [5.41, 5.74) is 9.02. The van der Waals surface area contributed by atoms with Crippen LogP contribution >= 0.6 is 0 Å². The summed E-state index contributed by atoms with van der Waals surface area (Å²) in [6.07, 6.45) is 8.96. The molecule has 1 radical (unpaired) electrons. The van der Waals surface area contributed by atoms with Crippen molar-refractivity contribution in [1.29, 1.82) is 0 Å². The van der Waals surface area contributed by atoms with E-state index in [0.717, 1.165) is 27.8 Å². The van der Waals surface area contributed by atoms with Gasteiger partial charge in [0.1, 0.15) is 5.82 Å². The Balaban J connectivity index is 1.57. The third kappa shape index (κ3) is 3.91. The van der Waals surface area contributed by atoms with Crippen molar-refractivity contribution in [2.45, 2.75) is 6.04 Å². The Morgan fingerprint density at radius 3 is 2.52 bits per heavy atom. The molecular weight excluding hydrogens is 336 g/mol. The van der Waals surface area contributed by atoms with Crippen molar-refractivity contribution in [2.75, 3.05) is 11.9 Å². The van der Waals surface area contributed by atoms with Gasteiger partial charge in [-0.2, -0.15) is 0 Å². The lowest BCUT2D eigenvalue weighted by Crippen LogP contribution is -2.16. The molecule has 3 aromatic heterocycles. The van der Waals surface area contributed by atoms with Gasteiger partial charge in [0, 0.05) is 48.5 Å². The van der Waals surface area contributed by atoms with E-state index in [0.29, 0.717) is 12.4 Å². The molecule has 6 nitrogen and oxygen atoms in total. The van der Waals surface area contributed by atoms with Crippen molar-refractivity contribution >= 4 is 16.7 Å². The van der Waals surface area contributed by atoms with Gasteiger partial charge in [-0.15, -0.1) is 0 Å². The summed E-state index contributed by atoms with van der Waals surface area (Å²) >= 11 is 0. The zero-order chi connectivity index (χ0) is 18.5. The monoisotopic (exact) mass is 355 g/mol. The second-order valence-electron chi connectivity index (χ2n) is 6.08. The molecule has 1 unspecified atom stereocenters. The van der Waals surface area contributed by atoms with Gasteiger partial charge in [-0.05, 0) is 23.8 Å². The maximum absolute atomic E-state index is 6.25. The quantitative estimate of drug-likeness (QED) is 0.551. The van der Waals surface area contributed by atoms with Crippen LogP contribution < -0.4 is 11.1 Å². The van der Waals surface area contributed by atoms with Gasteiger partial charge < -0.3 is 11.1 Å². The van der Waals surface area contributed by atoms with Crippen LogP contribution in [0.25, 0.3) is 22.3 Å². The number of benzene rings is 1. The van der Waals surface area contributed by atoms with Crippen LogP contribution in [0, 0.1) is 6.42 Å². The zero-order valence-corrected chi connectivity index (χ0v) is 14.7. The van der Waals surface area contributed by atoms with Crippen molar-refractivity contribution in [3.05, 3.63) is 85.3 Å². The van der Waals surface area contributed by atoms with Gasteiger partial charge >= 0.3 is 0 Å². The zero-order valence-electron chi connectivity index (χ0n) is 14.7. The molecule has 0 spiro atoms. The number of nitrogens with zero attached hydrogens (tertiary/aromatic N) is 4. The third-order valence-corrected chi connectivity index (χ3v) is 4.26. The summed E-state index contributed by atoms with van der Waals surface area (Å²) < 4.78 is 0. The fraction of sp³-hybridized carbons (Fsp3) is 0.0952. The summed E-state index contributed by atoms with van der Waals surface area (Å²) in [5, 5.41) is 4.29. The molecule has 0 saturated heterocycles. The van der Waals surface area contributed by atoms with Crippen LogP contribution in [0.4, 0.5) is 5.82 Å². The lowest BCUT2D eigenvalue weighted by Gasteiger charge is -2.14. The van der Waals surface area contributed by atoms with Gasteiger partial charge in [0.15, 0.2) is 5.82 Å². The van der Waals surface area contributed by atoms with Crippen molar-refractivity contribution in [3.63, 3.8) is 0 Å². The average molecular weight is 355 g/mol. The number of rotatable bonds is 6. The molecule has 4 aromatic rings. The molecule has 3 N–H and O–H groups in total. The molecule has 27 heavy (non-hydrogen) atoms. The van der Waals surface area contributed by atoms with E-state index in [1.54, 1.807) is 24.8 Å². The number of nitrogens with one attached hydrogen (secondary N) is 1. The number of anilines is 1. The van der Waals surface area contributed by atoms with Crippen LogP contribution in [0.1, 0.15) is 11.6 Å². The molecule has 0 aliphatic carbocycles. The largest absolute Gasteiger partial charge is 0.369 e. The first-order valence-electron chi connectivity index (χ1n) is 8.71. The molecule has 133 valence electrons. The molecule has 0 fully saturated rings. The fourth-order valence-electron chi connectivity index (χ4n) is 2.84. The molecule has 0 aliphatic rings. The smallest absolute Gasteiger partial charge is 0.162 e.